The van der Waals surface area contributed by atoms with Crippen LogP contribution in [0.1, 0.15) is 54.9 Å². The summed E-state index contributed by atoms with van der Waals surface area (Å²) in [6.07, 6.45) is -7.70. The molecule has 2 fully saturated rings. The molecule has 0 bridgehead atoms. The molecule has 0 amide bonds. The number of carbonyl (C=O) groups excluding carboxylic acids is 1. The van der Waals surface area contributed by atoms with Crippen molar-refractivity contribution in [3.63, 3.8) is 0 Å². The topological polar surface area (TPSA) is 49.6 Å². The first-order chi connectivity index (χ1) is 27.1. The Kier molecular flexibility index (Phi) is 15.4. The highest BCUT2D eigenvalue weighted by molar-refractivity contribution is 9.10. The zero-order chi connectivity index (χ0) is 43.0. The quantitative estimate of drug-likeness (QED) is 0.134. The highest BCUT2D eigenvalue weighted by Crippen LogP contribution is 2.52. The largest absolute Gasteiger partial charge is 0.400 e. The molecule has 2 heterocycles. The van der Waals surface area contributed by atoms with Crippen LogP contribution in [0.25, 0.3) is 0 Å². The SMILES string of the molecule is CCC(=O)CCc1ccc(N2CCC(c3cc(Cl)c(Cl)c(Cl)c3)(C(F)(F)F)C2)cc1Br.NCc1ccc(N2CCC(c3cc(Cl)c(Cl)c(Cl)c3)(C(F)(F)F)C2)cc1Br. The molecule has 4 nitrogen and oxygen atoms in total. The zero-order valence-corrected chi connectivity index (χ0v) is 38.2. The van der Waals surface area contributed by atoms with Crippen LogP contribution in [0.3, 0.4) is 0 Å². The predicted octanol–water partition coefficient (Wildman–Crippen LogP) is 14.6. The van der Waals surface area contributed by atoms with E-state index in [1.54, 1.807) is 34.1 Å². The number of hydrogen-bond donors (Lipinski definition) is 1. The number of hydrogen-bond acceptors (Lipinski definition) is 4. The number of carbonyl (C=O) groups is 1. The summed E-state index contributed by atoms with van der Waals surface area (Å²) in [4.78, 5) is 15.0. The molecular formula is C40H35Br2Cl6F6N3O. The average Bonchev–Trinajstić information content (AvgIpc) is 3.83. The van der Waals surface area contributed by atoms with Gasteiger partial charge in [-0.3, -0.25) is 4.79 Å². The molecule has 2 aliphatic heterocycles. The molecule has 2 unspecified atom stereocenters. The summed E-state index contributed by atoms with van der Waals surface area (Å²) in [5.74, 6) is 0.172. The van der Waals surface area contributed by atoms with Crippen molar-refractivity contribution < 1.29 is 31.1 Å². The molecule has 4 aromatic carbocycles. The molecule has 2 N–H and O–H groups in total. The molecule has 0 spiro atoms. The lowest BCUT2D eigenvalue weighted by Gasteiger charge is -2.33. The molecule has 4 aromatic rings. The Morgan fingerprint density at radius 3 is 1.38 bits per heavy atom. The standard InChI is InChI=1S/C22H20BrCl3F3NO.C18H15BrCl3F3N2/c1-2-16(31)6-4-13-3-5-15(11-17(13)23)30-8-7-21(12-30,22(27,28)29)14-9-18(24)20(26)19(25)10-14;19-13-7-12(2-1-10(13)8-26)27-4-3-17(9-27,18(23,24)25)11-5-14(20)16(22)15(21)6-11/h3,5,9-11H,2,4,6-8,12H2,1H3;1-2,5-7H,3-4,8-9,26H2. The summed E-state index contributed by atoms with van der Waals surface area (Å²) < 4.78 is 87.0. The maximum atomic E-state index is 14.3. The van der Waals surface area contributed by atoms with Crippen molar-refractivity contribution in [1.29, 1.82) is 0 Å². The number of benzene rings is 4. The first-order valence-electron chi connectivity index (χ1n) is 17.8. The number of ketones is 1. The third-order valence-corrected chi connectivity index (χ3v) is 14.7. The third kappa shape index (κ3) is 9.86. The van der Waals surface area contributed by atoms with E-state index in [0.29, 0.717) is 37.2 Å². The van der Waals surface area contributed by atoms with Gasteiger partial charge in [0, 0.05) is 65.9 Å². The second kappa shape index (κ2) is 18.8. The lowest BCUT2D eigenvalue weighted by Crippen LogP contribution is -2.44. The summed E-state index contributed by atoms with van der Waals surface area (Å²) in [6.45, 7) is 2.13. The number of Topliss-reactive ketones (excluding diaryl/α,β-unsaturated/α-hetero) is 1. The molecule has 58 heavy (non-hydrogen) atoms. The molecule has 0 aromatic heterocycles. The first-order valence-corrected chi connectivity index (χ1v) is 21.6. The van der Waals surface area contributed by atoms with Crippen LogP contribution in [0.2, 0.25) is 30.1 Å². The van der Waals surface area contributed by atoms with Gasteiger partial charge in [0.2, 0.25) is 0 Å². The summed E-state index contributed by atoms with van der Waals surface area (Å²) >= 11 is 42.8. The lowest BCUT2D eigenvalue weighted by atomic mass is 9.79. The molecule has 0 saturated carbocycles. The van der Waals surface area contributed by atoms with Crippen LogP contribution >= 0.6 is 101 Å². The van der Waals surface area contributed by atoms with Crippen molar-refractivity contribution in [1.82, 2.24) is 0 Å². The maximum Gasteiger partial charge on any atom is 0.400 e. The molecule has 6 rings (SSSR count). The van der Waals surface area contributed by atoms with Gasteiger partial charge in [-0.15, -0.1) is 0 Å². The van der Waals surface area contributed by atoms with Crippen LogP contribution in [-0.2, 0) is 28.6 Å². The van der Waals surface area contributed by atoms with Crippen LogP contribution in [0.15, 0.2) is 69.6 Å². The van der Waals surface area contributed by atoms with E-state index in [1.165, 1.54) is 24.3 Å². The van der Waals surface area contributed by atoms with Gasteiger partial charge >= 0.3 is 12.4 Å². The van der Waals surface area contributed by atoms with Crippen LogP contribution in [0, 0.1) is 0 Å². The number of nitrogens with zero attached hydrogens (tertiary/aromatic N) is 2. The maximum absolute atomic E-state index is 14.3. The van der Waals surface area contributed by atoms with Crippen molar-refractivity contribution in [3.05, 3.63) is 122 Å². The number of anilines is 2. The number of alkyl halides is 6. The number of rotatable bonds is 9. The van der Waals surface area contributed by atoms with Gasteiger partial charge in [0.25, 0.3) is 0 Å². The van der Waals surface area contributed by atoms with Crippen LogP contribution < -0.4 is 15.5 Å². The van der Waals surface area contributed by atoms with Crippen molar-refractivity contribution in [2.45, 2.75) is 68.8 Å². The van der Waals surface area contributed by atoms with Gasteiger partial charge in [-0.1, -0.05) is 121 Å². The molecule has 2 saturated heterocycles. The summed E-state index contributed by atoms with van der Waals surface area (Å²) in [6, 6.07) is 15.9. The normalized spacial score (nSPS) is 19.7. The number of nitrogens with two attached hydrogens (primary N) is 1. The van der Waals surface area contributed by atoms with Gasteiger partial charge in [0.15, 0.2) is 0 Å². The Hall–Kier alpha value is -1.61. The Morgan fingerprint density at radius 2 is 1.05 bits per heavy atom. The highest BCUT2D eigenvalue weighted by Gasteiger charge is 2.60. The molecule has 18 heteroatoms. The Bertz CT molecular complexity index is 2130. The van der Waals surface area contributed by atoms with Gasteiger partial charge in [-0.05, 0) is 90.0 Å². The van der Waals surface area contributed by atoms with E-state index in [9.17, 15) is 31.1 Å². The molecule has 0 aliphatic carbocycles. The summed E-state index contributed by atoms with van der Waals surface area (Å²) in [7, 11) is 0. The van der Waals surface area contributed by atoms with Crippen LogP contribution in [0.5, 0.6) is 0 Å². The first kappa shape index (κ1) is 47.4. The smallest absolute Gasteiger partial charge is 0.370 e. The number of halogens is 14. The summed E-state index contributed by atoms with van der Waals surface area (Å²) in [5.41, 5.74) is 4.69. The zero-order valence-electron chi connectivity index (χ0n) is 30.5. The lowest BCUT2D eigenvalue weighted by molar-refractivity contribution is -0.185. The molecule has 314 valence electrons. The minimum Gasteiger partial charge on any atom is -0.370 e. The predicted molar refractivity (Wildman–Crippen MR) is 232 cm³/mol. The molecule has 0 radical (unpaired) electrons. The van der Waals surface area contributed by atoms with Crippen molar-refractivity contribution in [2.24, 2.45) is 5.73 Å². The van der Waals surface area contributed by atoms with Crippen molar-refractivity contribution in [3.8, 4) is 0 Å². The minimum atomic E-state index is -4.50. The average molecular weight is 1060 g/mol. The van der Waals surface area contributed by atoms with Gasteiger partial charge in [0.1, 0.15) is 16.6 Å². The van der Waals surface area contributed by atoms with Gasteiger partial charge in [-0.25, -0.2) is 0 Å². The van der Waals surface area contributed by atoms with E-state index in [2.05, 4.69) is 31.9 Å². The number of aryl methyl sites for hydroxylation is 1. The minimum absolute atomic E-state index is 0.0000320. The Labute approximate surface area is 379 Å². The van der Waals surface area contributed by atoms with E-state index in [1.807, 2.05) is 19.1 Å². The van der Waals surface area contributed by atoms with E-state index in [4.69, 9.17) is 75.3 Å². The summed E-state index contributed by atoms with van der Waals surface area (Å²) in [5, 5.41) is 0.114. The van der Waals surface area contributed by atoms with Gasteiger partial charge in [0.05, 0.1) is 30.1 Å². The second-order valence-corrected chi connectivity index (χ2v) is 18.3. The van der Waals surface area contributed by atoms with Crippen molar-refractivity contribution in [2.75, 3.05) is 36.0 Å². The Balaban J connectivity index is 0.000000223. The fourth-order valence-corrected chi connectivity index (χ4v) is 9.56. The van der Waals surface area contributed by atoms with E-state index in [0.717, 1.165) is 20.1 Å². The second-order valence-electron chi connectivity index (χ2n) is 14.2. The van der Waals surface area contributed by atoms with Gasteiger partial charge < -0.3 is 15.5 Å². The fourth-order valence-electron chi connectivity index (χ4n) is 7.27. The molecule has 2 atom stereocenters. The Morgan fingerprint density at radius 1 is 0.672 bits per heavy atom. The monoisotopic (exact) mass is 1050 g/mol. The van der Waals surface area contributed by atoms with Crippen LogP contribution in [-0.4, -0.2) is 44.3 Å². The van der Waals surface area contributed by atoms with E-state index < -0.39 is 23.2 Å². The highest BCUT2D eigenvalue weighted by atomic mass is 79.9. The van der Waals surface area contributed by atoms with Crippen molar-refractivity contribution >= 4 is 119 Å². The molecular weight excluding hydrogens is 1020 g/mol. The molecule has 2 aliphatic rings. The van der Waals surface area contributed by atoms with E-state index in [-0.39, 0.29) is 86.1 Å². The third-order valence-electron chi connectivity index (χ3n) is 10.8. The van der Waals surface area contributed by atoms with E-state index >= 15 is 0 Å². The van der Waals surface area contributed by atoms with Crippen LogP contribution in [0.4, 0.5) is 37.7 Å². The fraction of sp³-hybridized carbons (Fsp3) is 0.375. The van der Waals surface area contributed by atoms with Gasteiger partial charge in [-0.2, -0.15) is 26.3 Å².